The van der Waals surface area contributed by atoms with Crippen molar-refractivity contribution >= 4 is 17.9 Å². The molecule has 0 radical (unpaired) electrons. The Morgan fingerprint density at radius 1 is 0.875 bits per heavy atom. The molecule has 0 saturated heterocycles. The second-order valence-corrected chi connectivity index (χ2v) is 4.72. The molecule has 0 spiro atoms. The summed E-state index contributed by atoms with van der Waals surface area (Å²) in [5.74, 6) is 0.143. The molecular formula is C18H18N2O4. The highest BCUT2D eigenvalue weighted by molar-refractivity contribution is 5.99. The number of hydrogen-bond donors (Lipinski definition) is 2. The van der Waals surface area contributed by atoms with Crippen LogP contribution in [0, 0.1) is 0 Å². The highest BCUT2D eigenvalue weighted by Gasteiger charge is 2.11. The fourth-order valence-electron chi connectivity index (χ4n) is 2.03. The van der Waals surface area contributed by atoms with Gasteiger partial charge in [0.2, 0.25) is 0 Å². The van der Waals surface area contributed by atoms with Crippen molar-refractivity contribution in [3.05, 3.63) is 65.7 Å². The average molecular weight is 326 g/mol. The van der Waals surface area contributed by atoms with Crippen molar-refractivity contribution in [2.45, 2.75) is 0 Å². The van der Waals surface area contributed by atoms with Crippen LogP contribution < -0.4 is 20.3 Å². The normalized spacial score (nSPS) is 10.2. The summed E-state index contributed by atoms with van der Waals surface area (Å²) in [6, 6.07) is 14.0. The van der Waals surface area contributed by atoms with Crippen LogP contribution in [0.4, 0.5) is 0 Å². The van der Waals surface area contributed by atoms with Gasteiger partial charge >= 0.3 is 0 Å². The maximum Gasteiger partial charge on any atom is 0.273 e. The molecule has 124 valence electrons. The molecule has 0 aliphatic rings. The molecule has 0 aliphatic carbocycles. The number of amides is 2. The Morgan fingerprint density at radius 3 is 2.21 bits per heavy atom. The Bertz CT molecular complexity index is 756. The van der Waals surface area contributed by atoms with Crippen LogP contribution in [-0.4, -0.2) is 26.0 Å². The summed E-state index contributed by atoms with van der Waals surface area (Å²) < 4.78 is 10.3. The lowest BCUT2D eigenvalue weighted by molar-refractivity contribution is -0.117. The van der Waals surface area contributed by atoms with Gasteiger partial charge in [-0.25, -0.2) is 0 Å². The van der Waals surface area contributed by atoms with E-state index in [0.29, 0.717) is 17.1 Å². The molecule has 0 unspecified atom stereocenters. The summed E-state index contributed by atoms with van der Waals surface area (Å²) in [6.07, 6.45) is 2.91. The third kappa shape index (κ3) is 4.36. The zero-order valence-electron chi connectivity index (χ0n) is 13.4. The van der Waals surface area contributed by atoms with E-state index in [2.05, 4.69) is 10.9 Å². The van der Waals surface area contributed by atoms with E-state index in [1.54, 1.807) is 43.5 Å². The van der Waals surface area contributed by atoms with E-state index in [0.717, 1.165) is 5.56 Å². The zero-order valence-corrected chi connectivity index (χ0v) is 13.4. The number of para-hydroxylation sites is 2. The van der Waals surface area contributed by atoms with Crippen molar-refractivity contribution in [3.8, 4) is 11.5 Å². The number of benzene rings is 2. The molecule has 24 heavy (non-hydrogen) atoms. The van der Waals surface area contributed by atoms with E-state index in [4.69, 9.17) is 9.47 Å². The number of methoxy groups -OCH3 is 2. The van der Waals surface area contributed by atoms with Gasteiger partial charge in [-0.3, -0.25) is 20.4 Å². The third-order valence-corrected chi connectivity index (χ3v) is 3.20. The molecule has 2 N–H and O–H groups in total. The quantitative estimate of drug-likeness (QED) is 0.652. The first kappa shape index (κ1) is 17.1. The molecule has 0 aromatic heterocycles. The monoisotopic (exact) mass is 326 g/mol. The highest BCUT2D eigenvalue weighted by Crippen LogP contribution is 2.18. The smallest absolute Gasteiger partial charge is 0.273 e. The highest BCUT2D eigenvalue weighted by atomic mass is 16.5. The minimum absolute atomic E-state index is 0.328. The molecule has 2 amide bonds. The van der Waals surface area contributed by atoms with Crippen molar-refractivity contribution < 1.29 is 19.1 Å². The van der Waals surface area contributed by atoms with E-state index >= 15 is 0 Å². The van der Waals surface area contributed by atoms with Crippen molar-refractivity contribution in [1.29, 1.82) is 0 Å². The number of hydrazine groups is 1. The molecule has 6 heteroatoms. The van der Waals surface area contributed by atoms with E-state index in [-0.39, 0.29) is 0 Å². The maximum absolute atomic E-state index is 12.1. The molecule has 6 nitrogen and oxygen atoms in total. The van der Waals surface area contributed by atoms with Crippen LogP contribution in [0.25, 0.3) is 6.08 Å². The summed E-state index contributed by atoms with van der Waals surface area (Å²) in [4.78, 5) is 23.9. The van der Waals surface area contributed by atoms with E-state index in [9.17, 15) is 9.59 Å². The Balaban J connectivity index is 1.95. The molecule has 2 aromatic carbocycles. The maximum atomic E-state index is 12.1. The minimum Gasteiger partial charge on any atom is -0.496 e. The average Bonchev–Trinajstić information content (AvgIpc) is 2.64. The number of rotatable bonds is 5. The van der Waals surface area contributed by atoms with Crippen molar-refractivity contribution in [1.82, 2.24) is 10.9 Å². The number of hydrogen-bond acceptors (Lipinski definition) is 4. The molecular weight excluding hydrogens is 308 g/mol. The summed E-state index contributed by atoms with van der Waals surface area (Å²) in [5, 5.41) is 0. The first-order valence-corrected chi connectivity index (χ1v) is 7.20. The summed E-state index contributed by atoms with van der Waals surface area (Å²) >= 11 is 0. The molecule has 2 aromatic rings. The van der Waals surface area contributed by atoms with Gasteiger partial charge in [-0.1, -0.05) is 30.3 Å². The van der Waals surface area contributed by atoms with Crippen molar-refractivity contribution in [2.24, 2.45) is 0 Å². The number of carbonyl (C=O) groups is 2. The molecule has 2 rings (SSSR count). The van der Waals surface area contributed by atoms with Gasteiger partial charge in [-0.15, -0.1) is 0 Å². The number of nitrogens with one attached hydrogen (secondary N) is 2. The van der Waals surface area contributed by atoms with Gasteiger partial charge in [0.15, 0.2) is 0 Å². The lowest BCUT2D eigenvalue weighted by Crippen LogP contribution is -2.40. The Kier molecular flexibility index (Phi) is 5.96. The van der Waals surface area contributed by atoms with Gasteiger partial charge in [-0.05, 0) is 24.3 Å². The predicted molar refractivity (Wildman–Crippen MR) is 90.6 cm³/mol. The third-order valence-electron chi connectivity index (χ3n) is 3.20. The molecule has 0 saturated carbocycles. The second-order valence-electron chi connectivity index (χ2n) is 4.72. The van der Waals surface area contributed by atoms with E-state index < -0.39 is 11.8 Å². The SMILES string of the molecule is COc1ccccc1/C=C/C(=O)NNC(=O)c1ccccc1OC. The predicted octanol–water partition coefficient (Wildman–Crippen LogP) is 2.18. The topological polar surface area (TPSA) is 76.7 Å². The van der Waals surface area contributed by atoms with Crippen LogP contribution in [0.2, 0.25) is 0 Å². The fraction of sp³-hybridized carbons (Fsp3) is 0.111. The molecule has 0 atom stereocenters. The second kappa shape index (κ2) is 8.38. The van der Waals surface area contributed by atoms with Crippen LogP contribution in [0.3, 0.4) is 0 Å². The van der Waals surface area contributed by atoms with E-state index in [1.807, 2.05) is 18.2 Å². The Labute approximate surface area is 140 Å². The lowest BCUT2D eigenvalue weighted by atomic mass is 10.2. The summed E-state index contributed by atoms with van der Waals surface area (Å²) in [6.45, 7) is 0. The largest absolute Gasteiger partial charge is 0.496 e. The Hall–Kier alpha value is -3.28. The molecule has 0 aliphatic heterocycles. The van der Waals surface area contributed by atoms with Gasteiger partial charge in [-0.2, -0.15) is 0 Å². The first-order chi connectivity index (χ1) is 11.7. The van der Waals surface area contributed by atoms with Gasteiger partial charge < -0.3 is 9.47 Å². The van der Waals surface area contributed by atoms with Crippen molar-refractivity contribution in [3.63, 3.8) is 0 Å². The summed E-state index contributed by atoms with van der Waals surface area (Å²) in [5.41, 5.74) is 5.74. The van der Waals surface area contributed by atoms with Gasteiger partial charge in [0.05, 0.1) is 19.8 Å². The first-order valence-electron chi connectivity index (χ1n) is 7.20. The van der Waals surface area contributed by atoms with Crippen LogP contribution in [0.5, 0.6) is 11.5 Å². The van der Waals surface area contributed by atoms with Gasteiger partial charge in [0.1, 0.15) is 11.5 Å². The van der Waals surface area contributed by atoms with Crippen LogP contribution >= 0.6 is 0 Å². The van der Waals surface area contributed by atoms with Crippen LogP contribution in [0.1, 0.15) is 15.9 Å². The van der Waals surface area contributed by atoms with Crippen LogP contribution in [0.15, 0.2) is 54.6 Å². The van der Waals surface area contributed by atoms with Gasteiger partial charge in [0.25, 0.3) is 11.8 Å². The molecule has 0 fully saturated rings. The van der Waals surface area contributed by atoms with E-state index in [1.165, 1.54) is 13.2 Å². The fourth-order valence-corrected chi connectivity index (χ4v) is 2.03. The van der Waals surface area contributed by atoms with Gasteiger partial charge in [0, 0.05) is 11.6 Å². The standard InChI is InChI=1S/C18H18N2O4/c1-23-15-9-5-3-7-13(15)11-12-17(21)19-20-18(22)14-8-4-6-10-16(14)24-2/h3-12H,1-2H3,(H,19,21)(H,20,22)/b12-11+. The summed E-state index contributed by atoms with van der Waals surface area (Å²) in [7, 11) is 3.03. The number of carbonyl (C=O) groups excluding carboxylic acids is 2. The Morgan fingerprint density at radius 2 is 1.50 bits per heavy atom. The minimum atomic E-state index is -0.468. The molecule has 0 bridgehead atoms. The van der Waals surface area contributed by atoms with Crippen LogP contribution in [-0.2, 0) is 4.79 Å². The molecule has 0 heterocycles. The zero-order chi connectivity index (χ0) is 17.4. The number of ether oxygens (including phenoxy) is 2. The van der Waals surface area contributed by atoms with Crippen molar-refractivity contribution in [2.75, 3.05) is 14.2 Å². The lowest BCUT2D eigenvalue weighted by Gasteiger charge is -2.09.